The Bertz CT molecular complexity index is 355. The summed E-state index contributed by atoms with van der Waals surface area (Å²) in [4.78, 5) is 0. The van der Waals surface area contributed by atoms with Crippen LogP contribution in [-0.4, -0.2) is 27.7 Å². The number of nitrogens with zero attached hydrogens (tertiary/aromatic N) is 3. The zero-order chi connectivity index (χ0) is 12.3. The molecule has 0 bridgehead atoms. The van der Waals surface area contributed by atoms with Crippen molar-refractivity contribution in [3.05, 3.63) is 5.69 Å². The fourth-order valence-corrected chi connectivity index (χ4v) is 2.43. The molecule has 1 saturated heterocycles. The van der Waals surface area contributed by atoms with Crippen LogP contribution in [0.4, 0.5) is 5.82 Å². The Labute approximate surface area is 102 Å². The molecule has 0 radical (unpaired) electrons. The van der Waals surface area contributed by atoms with Crippen LogP contribution < -0.4 is 5.73 Å². The molecule has 0 amide bonds. The zero-order valence-electron chi connectivity index (χ0n) is 10.7. The van der Waals surface area contributed by atoms with Gasteiger partial charge in [0.1, 0.15) is 0 Å². The molecule has 0 aromatic carbocycles. The first-order valence-corrected chi connectivity index (χ1v) is 6.49. The van der Waals surface area contributed by atoms with Crippen LogP contribution in [0.2, 0.25) is 0 Å². The first kappa shape index (κ1) is 12.4. The Kier molecular flexibility index (Phi) is 3.99. The summed E-state index contributed by atoms with van der Waals surface area (Å²) in [7, 11) is 0. The predicted molar refractivity (Wildman–Crippen MR) is 66.7 cm³/mol. The van der Waals surface area contributed by atoms with Crippen molar-refractivity contribution < 1.29 is 4.74 Å². The van der Waals surface area contributed by atoms with Crippen molar-refractivity contribution in [1.82, 2.24) is 15.0 Å². The lowest BCUT2D eigenvalue weighted by atomic mass is 10.1. The summed E-state index contributed by atoms with van der Waals surface area (Å²) in [5.41, 5.74) is 6.87. The predicted octanol–water partition coefficient (Wildman–Crippen LogP) is 1.94. The van der Waals surface area contributed by atoms with E-state index < -0.39 is 0 Å². The van der Waals surface area contributed by atoms with E-state index in [1.807, 2.05) is 4.68 Å². The molecule has 2 N–H and O–H groups in total. The summed E-state index contributed by atoms with van der Waals surface area (Å²) in [6.07, 6.45) is 5.05. The van der Waals surface area contributed by atoms with Crippen LogP contribution in [0.25, 0.3) is 0 Å². The van der Waals surface area contributed by atoms with Gasteiger partial charge in [0.05, 0.1) is 11.8 Å². The fourth-order valence-electron chi connectivity index (χ4n) is 2.43. The van der Waals surface area contributed by atoms with Crippen LogP contribution in [0.1, 0.15) is 51.1 Å². The van der Waals surface area contributed by atoms with Crippen LogP contribution in [0.3, 0.4) is 0 Å². The van der Waals surface area contributed by atoms with E-state index in [0.717, 1.165) is 31.7 Å². The maximum Gasteiger partial charge on any atom is 0.169 e. The van der Waals surface area contributed by atoms with Gasteiger partial charge in [-0.15, -0.1) is 5.10 Å². The van der Waals surface area contributed by atoms with Crippen molar-refractivity contribution in [2.24, 2.45) is 0 Å². The van der Waals surface area contributed by atoms with Crippen molar-refractivity contribution in [3.63, 3.8) is 0 Å². The lowest BCUT2D eigenvalue weighted by Gasteiger charge is -2.11. The summed E-state index contributed by atoms with van der Waals surface area (Å²) in [5.74, 6) is 0.935. The van der Waals surface area contributed by atoms with E-state index >= 15 is 0 Å². The number of aryl methyl sites for hydroxylation is 1. The minimum atomic E-state index is 0.368. The third-order valence-electron chi connectivity index (χ3n) is 3.27. The fraction of sp³-hybridized carbons (Fsp3) is 0.833. The van der Waals surface area contributed by atoms with Crippen LogP contribution in [0.15, 0.2) is 0 Å². The van der Waals surface area contributed by atoms with E-state index in [1.165, 1.54) is 12.8 Å². The van der Waals surface area contributed by atoms with Gasteiger partial charge in [-0.1, -0.05) is 19.1 Å². The topological polar surface area (TPSA) is 66.0 Å². The number of hydrogen-bond donors (Lipinski definition) is 1. The zero-order valence-corrected chi connectivity index (χ0v) is 10.7. The molecule has 96 valence electrons. The van der Waals surface area contributed by atoms with Gasteiger partial charge in [-0.2, -0.15) is 0 Å². The summed E-state index contributed by atoms with van der Waals surface area (Å²) in [6.45, 7) is 6.05. The molecule has 1 atom stereocenters. The molecule has 1 aromatic rings. The Hall–Kier alpha value is -1.10. The first-order chi connectivity index (χ1) is 8.18. The minimum absolute atomic E-state index is 0.368. The van der Waals surface area contributed by atoms with E-state index in [2.05, 4.69) is 24.2 Å². The SMILES string of the molecule is CC(C)c1c(N)nnn1CCCC1CCCO1. The van der Waals surface area contributed by atoms with Gasteiger partial charge in [0, 0.05) is 13.2 Å². The number of ether oxygens (including phenoxy) is 1. The molecule has 5 nitrogen and oxygen atoms in total. The van der Waals surface area contributed by atoms with Crippen molar-refractivity contribution in [3.8, 4) is 0 Å². The number of aromatic nitrogens is 3. The number of nitrogens with two attached hydrogens (primary N) is 1. The maximum atomic E-state index is 5.82. The molecule has 1 aromatic heterocycles. The molecule has 0 saturated carbocycles. The largest absolute Gasteiger partial charge is 0.381 e. The summed E-state index contributed by atoms with van der Waals surface area (Å²) >= 11 is 0. The number of hydrogen-bond acceptors (Lipinski definition) is 4. The van der Waals surface area contributed by atoms with E-state index in [-0.39, 0.29) is 0 Å². The molecule has 1 aliphatic heterocycles. The normalized spacial score (nSPS) is 20.3. The van der Waals surface area contributed by atoms with Crippen molar-refractivity contribution in [2.45, 2.75) is 58.1 Å². The summed E-state index contributed by atoms with van der Waals surface area (Å²) < 4.78 is 7.54. The minimum Gasteiger partial charge on any atom is -0.381 e. The van der Waals surface area contributed by atoms with Gasteiger partial charge < -0.3 is 10.5 Å². The summed E-state index contributed by atoms with van der Waals surface area (Å²) in [5, 5.41) is 8.05. The highest BCUT2D eigenvalue weighted by molar-refractivity contribution is 5.34. The van der Waals surface area contributed by atoms with Gasteiger partial charge in [0.2, 0.25) is 0 Å². The molecular formula is C12H22N4O. The lowest BCUT2D eigenvalue weighted by molar-refractivity contribution is 0.101. The smallest absolute Gasteiger partial charge is 0.169 e. The third kappa shape index (κ3) is 2.97. The van der Waals surface area contributed by atoms with Gasteiger partial charge >= 0.3 is 0 Å². The third-order valence-corrected chi connectivity index (χ3v) is 3.27. The van der Waals surface area contributed by atoms with E-state index in [9.17, 15) is 0 Å². The molecule has 2 rings (SSSR count). The highest BCUT2D eigenvalue weighted by atomic mass is 16.5. The average Bonchev–Trinajstić information content (AvgIpc) is 2.88. The summed E-state index contributed by atoms with van der Waals surface area (Å²) in [6, 6.07) is 0. The molecule has 5 heteroatoms. The van der Waals surface area contributed by atoms with E-state index in [1.54, 1.807) is 0 Å². The number of anilines is 1. The van der Waals surface area contributed by atoms with E-state index in [0.29, 0.717) is 17.8 Å². The Morgan fingerprint density at radius 3 is 3.00 bits per heavy atom. The first-order valence-electron chi connectivity index (χ1n) is 6.49. The molecular weight excluding hydrogens is 216 g/mol. The highest BCUT2D eigenvalue weighted by Crippen LogP contribution is 2.21. The van der Waals surface area contributed by atoms with Crippen LogP contribution in [0.5, 0.6) is 0 Å². The molecule has 0 aliphatic carbocycles. The Balaban J connectivity index is 1.85. The Morgan fingerprint density at radius 2 is 2.35 bits per heavy atom. The second kappa shape index (κ2) is 5.49. The molecule has 1 fully saturated rings. The maximum absolute atomic E-state index is 5.82. The quantitative estimate of drug-likeness (QED) is 0.851. The van der Waals surface area contributed by atoms with E-state index in [4.69, 9.17) is 10.5 Å². The average molecular weight is 238 g/mol. The highest BCUT2D eigenvalue weighted by Gasteiger charge is 2.17. The van der Waals surface area contributed by atoms with Crippen LogP contribution in [-0.2, 0) is 11.3 Å². The van der Waals surface area contributed by atoms with Gasteiger partial charge in [-0.3, -0.25) is 0 Å². The van der Waals surface area contributed by atoms with Gasteiger partial charge in [-0.25, -0.2) is 4.68 Å². The van der Waals surface area contributed by atoms with Crippen molar-refractivity contribution in [2.75, 3.05) is 12.3 Å². The monoisotopic (exact) mass is 238 g/mol. The molecule has 0 spiro atoms. The number of rotatable bonds is 5. The molecule has 2 heterocycles. The van der Waals surface area contributed by atoms with Crippen LogP contribution in [0, 0.1) is 0 Å². The van der Waals surface area contributed by atoms with Gasteiger partial charge in [0.25, 0.3) is 0 Å². The van der Waals surface area contributed by atoms with Crippen molar-refractivity contribution in [1.29, 1.82) is 0 Å². The second-order valence-electron chi connectivity index (χ2n) is 5.02. The molecule has 1 aliphatic rings. The number of nitrogen functional groups attached to an aromatic ring is 1. The van der Waals surface area contributed by atoms with Gasteiger partial charge in [-0.05, 0) is 31.6 Å². The Morgan fingerprint density at radius 1 is 1.53 bits per heavy atom. The van der Waals surface area contributed by atoms with Gasteiger partial charge in [0.15, 0.2) is 5.82 Å². The van der Waals surface area contributed by atoms with Crippen molar-refractivity contribution >= 4 is 5.82 Å². The molecule has 17 heavy (non-hydrogen) atoms. The second-order valence-corrected chi connectivity index (χ2v) is 5.02. The lowest BCUT2D eigenvalue weighted by Crippen LogP contribution is -2.11. The standard InChI is InChI=1S/C12H22N4O/c1-9(2)11-12(13)14-15-16(11)7-3-5-10-6-4-8-17-10/h9-10H,3-8,13H2,1-2H3. The van der Waals surface area contributed by atoms with Crippen LogP contribution >= 0.6 is 0 Å². The molecule has 1 unspecified atom stereocenters.